The second kappa shape index (κ2) is 9.88. The Hall–Kier alpha value is -3.98. The van der Waals surface area contributed by atoms with Gasteiger partial charge in [0.1, 0.15) is 5.71 Å². The lowest BCUT2D eigenvalue weighted by Crippen LogP contribution is -2.36. The normalized spacial score (nSPS) is 13.9. The van der Waals surface area contributed by atoms with Crippen LogP contribution in [0.4, 0.5) is 11.4 Å². The molecule has 174 valence electrons. The van der Waals surface area contributed by atoms with Gasteiger partial charge in [-0.1, -0.05) is 54.6 Å². The first kappa shape index (κ1) is 23.2. The summed E-state index contributed by atoms with van der Waals surface area (Å²) in [5.41, 5.74) is 1.96. The molecule has 0 saturated carbocycles. The first-order chi connectivity index (χ1) is 16.3. The Kier molecular flexibility index (Phi) is 6.74. The number of sulfonamides is 1. The molecule has 0 fully saturated rings. The summed E-state index contributed by atoms with van der Waals surface area (Å²) < 4.78 is 27.3. The SMILES string of the molecule is CN(c1ccccc1)S(=O)(=O)c1cccc(NC(=O)C2=NN(Cc3ccccc3)C(=O)CC2)c1. The van der Waals surface area contributed by atoms with Crippen LogP contribution in [0.15, 0.2) is 94.9 Å². The van der Waals surface area contributed by atoms with Crippen molar-refractivity contribution in [3.05, 3.63) is 90.5 Å². The second-order valence-electron chi connectivity index (χ2n) is 7.77. The summed E-state index contributed by atoms with van der Waals surface area (Å²) in [4.78, 5) is 25.2. The third-order valence-corrected chi connectivity index (χ3v) is 7.19. The predicted molar refractivity (Wildman–Crippen MR) is 131 cm³/mol. The number of para-hydroxylation sites is 1. The molecular formula is C25H24N4O4S. The van der Waals surface area contributed by atoms with Crippen molar-refractivity contribution in [1.29, 1.82) is 0 Å². The third-order valence-electron chi connectivity index (χ3n) is 5.41. The van der Waals surface area contributed by atoms with Crippen LogP contribution in [0.3, 0.4) is 0 Å². The first-order valence-corrected chi connectivity index (χ1v) is 12.2. The van der Waals surface area contributed by atoms with Crippen molar-refractivity contribution in [3.8, 4) is 0 Å². The summed E-state index contributed by atoms with van der Waals surface area (Å²) in [6.07, 6.45) is 0.389. The Bertz CT molecular complexity index is 1330. The maximum absolute atomic E-state index is 13.1. The van der Waals surface area contributed by atoms with Crippen molar-refractivity contribution < 1.29 is 18.0 Å². The zero-order chi connectivity index (χ0) is 24.1. The van der Waals surface area contributed by atoms with Gasteiger partial charge in [0, 0.05) is 25.6 Å². The molecule has 0 radical (unpaired) electrons. The summed E-state index contributed by atoms with van der Waals surface area (Å²) in [6.45, 7) is 0.274. The number of nitrogens with one attached hydrogen (secondary N) is 1. The van der Waals surface area contributed by atoms with E-state index in [4.69, 9.17) is 0 Å². The maximum Gasteiger partial charge on any atom is 0.271 e. The third kappa shape index (κ3) is 5.15. The second-order valence-corrected chi connectivity index (χ2v) is 9.74. The van der Waals surface area contributed by atoms with E-state index in [0.717, 1.165) is 5.56 Å². The number of benzene rings is 3. The minimum atomic E-state index is -3.83. The number of amides is 2. The highest BCUT2D eigenvalue weighted by Crippen LogP contribution is 2.24. The largest absolute Gasteiger partial charge is 0.321 e. The van der Waals surface area contributed by atoms with Crippen molar-refractivity contribution in [2.75, 3.05) is 16.7 Å². The number of hydrogen-bond donors (Lipinski definition) is 1. The number of carbonyl (C=O) groups is 2. The molecule has 34 heavy (non-hydrogen) atoms. The van der Waals surface area contributed by atoms with E-state index in [9.17, 15) is 18.0 Å². The molecule has 0 spiro atoms. The fourth-order valence-electron chi connectivity index (χ4n) is 3.52. The summed E-state index contributed by atoms with van der Waals surface area (Å²) in [6, 6.07) is 24.2. The number of hydrazone groups is 1. The molecule has 8 nitrogen and oxygen atoms in total. The summed E-state index contributed by atoms with van der Waals surface area (Å²) in [7, 11) is -2.35. The smallest absolute Gasteiger partial charge is 0.271 e. The zero-order valence-electron chi connectivity index (χ0n) is 18.6. The number of nitrogens with zero attached hydrogens (tertiary/aromatic N) is 3. The van der Waals surface area contributed by atoms with Gasteiger partial charge in [-0.05, 0) is 35.9 Å². The van der Waals surface area contributed by atoms with Crippen LogP contribution in [0, 0.1) is 0 Å². The van der Waals surface area contributed by atoms with Gasteiger partial charge in [0.2, 0.25) is 5.91 Å². The van der Waals surface area contributed by atoms with Crippen LogP contribution in [-0.2, 0) is 26.2 Å². The molecule has 0 bridgehead atoms. The molecule has 1 aliphatic rings. The van der Waals surface area contributed by atoms with E-state index in [2.05, 4.69) is 10.4 Å². The molecule has 0 unspecified atom stereocenters. The Morgan fingerprint density at radius 2 is 1.65 bits per heavy atom. The van der Waals surface area contributed by atoms with E-state index in [1.807, 2.05) is 36.4 Å². The lowest BCUT2D eigenvalue weighted by Gasteiger charge is -2.23. The molecule has 1 heterocycles. The summed E-state index contributed by atoms with van der Waals surface area (Å²) in [5.74, 6) is -0.631. The van der Waals surface area contributed by atoms with E-state index >= 15 is 0 Å². The Morgan fingerprint density at radius 3 is 2.35 bits per heavy atom. The predicted octanol–water partition coefficient (Wildman–Crippen LogP) is 3.63. The molecule has 0 aromatic heterocycles. The van der Waals surface area contributed by atoms with Gasteiger partial charge in [0.25, 0.3) is 15.9 Å². The molecular weight excluding hydrogens is 452 g/mol. The minimum Gasteiger partial charge on any atom is -0.321 e. The average molecular weight is 477 g/mol. The number of hydrogen-bond acceptors (Lipinski definition) is 5. The highest BCUT2D eigenvalue weighted by molar-refractivity contribution is 7.92. The molecule has 0 saturated heterocycles. The fourth-order valence-corrected chi connectivity index (χ4v) is 4.76. The topological polar surface area (TPSA) is 99.2 Å². The lowest BCUT2D eigenvalue weighted by atomic mass is 10.1. The molecule has 3 aromatic carbocycles. The van der Waals surface area contributed by atoms with Gasteiger partial charge >= 0.3 is 0 Å². The highest BCUT2D eigenvalue weighted by atomic mass is 32.2. The highest BCUT2D eigenvalue weighted by Gasteiger charge is 2.26. The lowest BCUT2D eigenvalue weighted by molar-refractivity contribution is -0.132. The Labute approximate surface area is 198 Å². The van der Waals surface area contributed by atoms with Gasteiger partial charge in [0.05, 0.1) is 17.1 Å². The number of carbonyl (C=O) groups excluding carboxylic acids is 2. The van der Waals surface area contributed by atoms with Crippen molar-refractivity contribution in [3.63, 3.8) is 0 Å². The minimum absolute atomic E-state index is 0.0446. The number of anilines is 2. The molecule has 4 rings (SSSR count). The van der Waals surface area contributed by atoms with Crippen molar-refractivity contribution in [1.82, 2.24) is 5.01 Å². The molecule has 0 atom stereocenters. The van der Waals surface area contributed by atoms with E-state index in [-0.39, 0.29) is 35.9 Å². The molecule has 9 heteroatoms. The quantitative estimate of drug-likeness (QED) is 0.563. The van der Waals surface area contributed by atoms with Gasteiger partial charge in [0.15, 0.2) is 0 Å². The van der Waals surface area contributed by atoms with E-state index in [1.165, 1.54) is 28.5 Å². The van der Waals surface area contributed by atoms with Gasteiger partial charge < -0.3 is 5.32 Å². The van der Waals surface area contributed by atoms with Crippen LogP contribution in [0.25, 0.3) is 0 Å². The fraction of sp³-hybridized carbons (Fsp3) is 0.160. The van der Waals surface area contributed by atoms with Crippen molar-refractivity contribution in [2.45, 2.75) is 24.3 Å². The Balaban J connectivity index is 1.51. The summed E-state index contributed by atoms with van der Waals surface area (Å²) >= 11 is 0. The Morgan fingerprint density at radius 1 is 0.971 bits per heavy atom. The maximum atomic E-state index is 13.1. The number of rotatable bonds is 7. The monoisotopic (exact) mass is 476 g/mol. The van der Waals surface area contributed by atoms with Gasteiger partial charge in [-0.2, -0.15) is 5.10 Å². The molecule has 1 aliphatic heterocycles. The van der Waals surface area contributed by atoms with Crippen molar-refractivity contribution >= 4 is 38.9 Å². The first-order valence-electron chi connectivity index (χ1n) is 10.7. The van der Waals surface area contributed by atoms with Crippen LogP contribution in [0.1, 0.15) is 18.4 Å². The van der Waals surface area contributed by atoms with Crippen molar-refractivity contribution in [2.24, 2.45) is 5.10 Å². The molecule has 2 amide bonds. The van der Waals surface area contributed by atoms with Crippen LogP contribution in [-0.4, -0.2) is 38.0 Å². The van der Waals surface area contributed by atoms with Gasteiger partial charge in [-0.3, -0.25) is 13.9 Å². The molecule has 3 aromatic rings. The summed E-state index contributed by atoms with van der Waals surface area (Å²) in [5, 5.41) is 8.26. The molecule has 1 N–H and O–H groups in total. The van der Waals surface area contributed by atoms with E-state index in [0.29, 0.717) is 11.4 Å². The van der Waals surface area contributed by atoms with E-state index in [1.54, 1.807) is 36.4 Å². The van der Waals surface area contributed by atoms with Gasteiger partial charge in [-0.15, -0.1) is 0 Å². The van der Waals surface area contributed by atoms with Gasteiger partial charge in [-0.25, -0.2) is 13.4 Å². The van der Waals surface area contributed by atoms with Crippen LogP contribution < -0.4 is 9.62 Å². The zero-order valence-corrected chi connectivity index (χ0v) is 19.4. The molecule has 0 aliphatic carbocycles. The average Bonchev–Trinajstić information content (AvgIpc) is 2.86. The van der Waals surface area contributed by atoms with Crippen LogP contribution in [0.5, 0.6) is 0 Å². The van der Waals surface area contributed by atoms with Crippen LogP contribution in [0.2, 0.25) is 0 Å². The van der Waals surface area contributed by atoms with Crippen LogP contribution >= 0.6 is 0 Å². The van der Waals surface area contributed by atoms with E-state index < -0.39 is 15.9 Å². The standard InChI is InChI=1S/C25H24N4O4S/c1-28(21-12-6-3-7-13-21)34(32,33)22-14-8-11-20(17-22)26-25(31)23-15-16-24(30)29(27-23)18-19-9-4-2-5-10-19/h2-14,17H,15-16,18H2,1H3,(H,26,31).